The van der Waals surface area contributed by atoms with Gasteiger partial charge in [0.2, 0.25) is 15.9 Å². The first-order valence-electron chi connectivity index (χ1n) is 7.52. The first-order chi connectivity index (χ1) is 10.8. The highest BCUT2D eigenvalue weighted by molar-refractivity contribution is 7.89. The minimum absolute atomic E-state index is 0.0452. The van der Waals surface area contributed by atoms with E-state index in [1.807, 2.05) is 13.8 Å². The molecule has 5 nitrogen and oxygen atoms in total. The molecule has 1 atom stereocenters. The molecular weight excluding hydrogens is 359 g/mol. The zero-order valence-corrected chi connectivity index (χ0v) is 15.5. The molecule has 0 unspecified atom stereocenters. The summed E-state index contributed by atoms with van der Waals surface area (Å²) < 4.78 is 26.8. The Morgan fingerprint density at radius 1 is 1.17 bits per heavy atom. The largest absolute Gasteiger partial charge is 0.340 e. The molecule has 1 aromatic rings. The Morgan fingerprint density at radius 2 is 1.70 bits per heavy atom. The van der Waals surface area contributed by atoms with E-state index in [2.05, 4.69) is 0 Å². The maximum atomic E-state index is 12.7. The smallest absolute Gasteiger partial charge is 0.246 e. The fourth-order valence-corrected chi connectivity index (χ4v) is 5.01. The minimum atomic E-state index is -3.77. The summed E-state index contributed by atoms with van der Waals surface area (Å²) in [6.07, 6.45) is 0.770. The summed E-state index contributed by atoms with van der Waals surface area (Å²) in [6.45, 7) is 5.09. The van der Waals surface area contributed by atoms with E-state index in [0.29, 0.717) is 13.1 Å². The van der Waals surface area contributed by atoms with Gasteiger partial charge in [-0.2, -0.15) is 4.31 Å². The molecule has 0 bridgehead atoms. The molecule has 0 saturated carbocycles. The minimum Gasteiger partial charge on any atom is -0.340 e. The van der Waals surface area contributed by atoms with Crippen LogP contribution in [0.3, 0.4) is 0 Å². The summed E-state index contributed by atoms with van der Waals surface area (Å²) in [4.78, 5) is 13.8. The zero-order chi connectivity index (χ0) is 17.2. The van der Waals surface area contributed by atoms with Gasteiger partial charge in [-0.3, -0.25) is 4.79 Å². The molecule has 1 aliphatic rings. The van der Waals surface area contributed by atoms with Crippen LogP contribution in [0.5, 0.6) is 0 Å². The molecule has 0 aliphatic carbocycles. The summed E-state index contributed by atoms with van der Waals surface area (Å²) in [7, 11) is -3.77. The number of hydrogen-bond acceptors (Lipinski definition) is 3. The van der Waals surface area contributed by atoms with E-state index in [4.69, 9.17) is 23.2 Å². The number of benzene rings is 1. The average molecular weight is 379 g/mol. The van der Waals surface area contributed by atoms with E-state index in [1.54, 1.807) is 11.0 Å². The second-order valence-corrected chi connectivity index (χ2v) is 8.28. The van der Waals surface area contributed by atoms with Crippen LogP contribution in [0.2, 0.25) is 10.0 Å². The van der Waals surface area contributed by atoms with Crippen molar-refractivity contribution in [3.8, 4) is 0 Å². The van der Waals surface area contributed by atoms with Crippen molar-refractivity contribution < 1.29 is 13.2 Å². The molecule has 2 rings (SSSR count). The van der Waals surface area contributed by atoms with Gasteiger partial charge < -0.3 is 4.90 Å². The Balaban J connectivity index is 2.15. The summed E-state index contributed by atoms with van der Waals surface area (Å²) in [5, 5.41) is 0.214. The molecule has 1 amide bonds. The normalized spacial score (nSPS) is 18.0. The number of nitrogens with zero attached hydrogens (tertiary/aromatic N) is 2. The van der Waals surface area contributed by atoms with Crippen LogP contribution >= 0.6 is 23.2 Å². The third kappa shape index (κ3) is 3.82. The highest BCUT2D eigenvalue weighted by Gasteiger charge is 2.33. The van der Waals surface area contributed by atoms with Crippen LogP contribution in [0.15, 0.2) is 23.1 Å². The van der Waals surface area contributed by atoms with Crippen LogP contribution in [-0.4, -0.2) is 49.7 Å². The molecule has 0 radical (unpaired) electrons. The van der Waals surface area contributed by atoms with E-state index in [1.165, 1.54) is 16.4 Å². The molecule has 128 valence electrons. The van der Waals surface area contributed by atoms with Gasteiger partial charge in [0, 0.05) is 32.1 Å². The highest BCUT2D eigenvalue weighted by Crippen LogP contribution is 2.31. The summed E-state index contributed by atoms with van der Waals surface area (Å²) in [5.41, 5.74) is 0. The zero-order valence-electron chi connectivity index (χ0n) is 13.1. The molecule has 0 aromatic heterocycles. The number of carbonyl (C=O) groups is 1. The standard InChI is InChI=1S/C15H20Cl2N2O3S/c1-3-11(2)15(20)18-7-9-19(10-8-18)23(21,22)14-12(16)5-4-6-13(14)17/h4-6,11H,3,7-10H2,1-2H3/t11-/m1/s1. The Bertz CT molecular complexity index is 666. The third-order valence-corrected chi connectivity index (χ3v) is 6.96. The second kappa shape index (κ2) is 7.38. The van der Waals surface area contributed by atoms with Crippen LogP contribution in [0.4, 0.5) is 0 Å². The first-order valence-corrected chi connectivity index (χ1v) is 9.71. The van der Waals surface area contributed by atoms with Crippen LogP contribution in [0, 0.1) is 5.92 Å². The van der Waals surface area contributed by atoms with E-state index < -0.39 is 10.0 Å². The van der Waals surface area contributed by atoms with Crippen molar-refractivity contribution in [3.05, 3.63) is 28.2 Å². The van der Waals surface area contributed by atoms with E-state index in [0.717, 1.165) is 6.42 Å². The maximum absolute atomic E-state index is 12.7. The van der Waals surface area contributed by atoms with Crippen molar-refractivity contribution in [3.63, 3.8) is 0 Å². The summed E-state index contributed by atoms with van der Waals surface area (Å²) >= 11 is 12.0. The lowest BCUT2D eigenvalue weighted by Crippen LogP contribution is -2.51. The molecule has 1 heterocycles. The lowest BCUT2D eigenvalue weighted by Gasteiger charge is -2.35. The summed E-state index contributed by atoms with van der Waals surface area (Å²) in [5.74, 6) is 0.0245. The lowest BCUT2D eigenvalue weighted by atomic mass is 10.1. The maximum Gasteiger partial charge on any atom is 0.246 e. The van der Waals surface area contributed by atoms with Crippen molar-refractivity contribution >= 4 is 39.1 Å². The number of rotatable bonds is 4. The topological polar surface area (TPSA) is 57.7 Å². The number of piperazine rings is 1. The predicted octanol–water partition coefficient (Wildman–Crippen LogP) is 2.87. The second-order valence-electron chi connectivity index (χ2n) is 5.59. The highest BCUT2D eigenvalue weighted by atomic mass is 35.5. The molecule has 1 aromatic carbocycles. The van der Waals surface area contributed by atoms with Gasteiger partial charge in [0.05, 0.1) is 10.0 Å². The Hall–Kier alpha value is -0.820. The summed E-state index contributed by atoms with van der Waals surface area (Å²) in [6, 6.07) is 4.61. The van der Waals surface area contributed by atoms with Gasteiger partial charge in [0.1, 0.15) is 4.90 Å². The Morgan fingerprint density at radius 3 is 2.17 bits per heavy atom. The van der Waals surface area contributed by atoms with Gasteiger partial charge in [0.25, 0.3) is 0 Å². The fourth-order valence-electron chi connectivity index (χ4n) is 2.49. The van der Waals surface area contributed by atoms with Gasteiger partial charge in [-0.15, -0.1) is 0 Å². The molecule has 0 spiro atoms. The van der Waals surface area contributed by atoms with Gasteiger partial charge in [0.15, 0.2) is 0 Å². The fraction of sp³-hybridized carbons (Fsp3) is 0.533. The van der Waals surface area contributed by atoms with Crippen molar-refractivity contribution in [1.82, 2.24) is 9.21 Å². The number of amides is 1. The van der Waals surface area contributed by atoms with Gasteiger partial charge in [-0.1, -0.05) is 43.1 Å². The van der Waals surface area contributed by atoms with Crippen molar-refractivity contribution in [2.75, 3.05) is 26.2 Å². The number of sulfonamides is 1. The van der Waals surface area contributed by atoms with Gasteiger partial charge in [-0.25, -0.2) is 8.42 Å². The monoisotopic (exact) mass is 378 g/mol. The van der Waals surface area contributed by atoms with Crippen LogP contribution < -0.4 is 0 Å². The molecular formula is C15H20Cl2N2O3S. The predicted molar refractivity (Wildman–Crippen MR) is 91.3 cm³/mol. The molecule has 8 heteroatoms. The van der Waals surface area contributed by atoms with Crippen molar-refractivity contribution in [2.24, 2.45) is 5.92 Å². The van der Waals surface area contributed by atoms with Crippen molar-refractivity contribution in [2.45, 2.75) is 25.2 Å². The molecule has 0 N–H and O–H groups in total. The van der Waals surface area contributed by atoms with Crippen LogP contribution in [0.25, 0.3) is 0 Å². The number of carbonyl (C=O) groups excluding carboxylic acids is 1. The quantitative estimate of drug-likeness (QED) is 0.808. The molecule has 23 heavy (non-hydrogen) atoms. The van der Waals surface area contributed by atoms with E-state index in [9.17, 15) is 13.2 Å². The molecule has 1 aliphatic heterocycles. The molecule has 1 fully saturated rings. The van der Waals surface area contributed by atoms with E-state index in [-0.39, 0.29) is 39.9 Å². The number of halogens is 2. The number of hydrogen-bond donors (Lipinski definition) is 0. The Kier molecular flexibility index (Phi) is 5.94. The van der Waals surface area contributed by atoms with Gasteiger partial charge in [-0.05, 0) is 18.6 Å². The van der Waals surface area contributed by atoms with Crippen LogP contribution in [0.1, 0.15) is 20.3 Å². The van der Waals surface area contributed by atoms with Gasteiger partial charge >= 0.3 is 0 Å². The first kappa shape index (κ1) is 18.5. The van der Waals surface area contributed by atoms with Crippen molar-refractivity contribution in [1.29, 1.82) is 0 Å². The SMILES string of the molecule is CC[C@@H](C)C(=O)N1CCN(S(=O)(=O)c2c(Cl)cccc2Cl)CC1. The third-order valence-electron chi connectivity index (χ3n) is 4.10. The van der Waals surface area contributed by atoms with Crippen LogP contribution in [-0.2, 0) is 14.8 Å². The average Bonchev–Trinajstić information content (AvgIpc) is 2.53. The van der Waals surface area contributed by atoms with E-state index >= 15 is 0 Å². The molecule has 1 saturated heterocycles. The Labute approximate surface area is 147 Å². The lowest BCUT2D eigenvalue weighted by molar-refractivity contribution is -0.136.